The molecule has 0 atom stereocenters. The van der Waals surface area contributed by atoms with E-state index >= 15 is 0 Å². The number of rotatable bonds is 1. The van der Waals surface area contributed by atoms with Crippen molar-refractivity contribution in [3.05, 3.63) is 59.2 Å². The summed E-state index contributed by atoms with van der Waals surface area (Å²) in [5, 5.41) is 1.09. The number of benzene rings is 2. The van der Waals surface area contributed by atoms with Crippen LogP contribution < -0.4 is 0 Å². The van der Waals surface area contributed by atoms with E-state index in [0.29, 0.717) is 0 Å². The maximum absolute atomic E-state index is 4.60. The van der Waals surface area contributed by atoms with Gasteiger partial charge in [0.05, 0.1) is 16.6 Å². The van der Waals surface area contributed by atoms with E-state index in [0.717, 1.165) is 37.8 Å². The van der Waals surface area contributed by atoms with E-state index in [4.69, 9.17) is 0 Å². The third-order valence-electron chi connectivity index (χ3n) is 3.31. The molecule has 0 aliphatic heterocycles. The van der Waals surface area contributed by atoms with Gasteiger partial charge in [0, 0.05) is 21.6 Å². The first-order chi connectivity index (χ1) is 9.79. The normalized spacial score (nSPS) is 11.2. The van der Waals surface area contributed by atoms with E-state index in [1.54, 1.807) is 0 Å². The summed E-state index contributed by atoms with van der Waals surface area (Å²) in [5.41, 5.74) is 3.98. The molecule has 2 heterocycles. The fourth-order valence-electron chi connectivity index (χ4n) is 2.32. The van der Waals surface area contributed by atoms with Gasteiger partial charge < -0.3 is 4.98 Å². The van der Waals surface area contributed by atoms with Crippen molar-refractivity contribution in [3.8, 4) is 11.4 Å². The van der Waals surface area contributed by atoms with Crippen LogP contribution >= 0.6 is 15.9 Å². The van der Waals surface area contributed by atoms with Crippen molar-refractivity contribution in [3.63, 3.8) is 0 Å². The van der Waals surface area contributed by atoms with Gasteiger partial charge in [-0.1, -0.05) is 28.1 Å². The van der Waals surface area contributed by atoms with Gasteiger partial charge in [-0.25, -0.2) is 4.98 Å². The van der Waals surface area contributed by atoms with E-state index in [1.165, 1.54) is 0 Å². The lowest BCUT2D eigenvalue weighted by molar-refractivity contribution is 1.31. The van der Waals surface area contributed by atoms with Crippen LogP contribution in [0.2, 0.25) is 0 Å². The molecule has 0 bridgehead atoms. The zero-order valence-corrected chi connectivity index (χ0v) is 12.1. The van der Waals surface area contributed by atoms with Crippen molar-refractivity contribution in [1.82, 2.24) is 15.0 Å². The van der Waals surface area contributed by atoms with E-state index in [-0.39, 0.29) is 0 Å². The largest absolute Gasteiger partial charge is 0.338 e. The van der Waals surface area contributed by atoms with Gasteiger partial charge >= 0.3 is 0 Å². The van der Waals surface area contributed by atoms with Crippen LogP contribution in [-0.4, -0.2) is 15.0 Å². The summed E-state index contributed by atoms with van der Waals surface area (Å²) in [5.74, 6) is 0.848. The van der Waals surface area contributed by atoms with Crippen LogP contribution in [0.3, 0.4) is 0 Å². The number of aromatic amines is 1. The minimum absolute atomic E-state index is 0.848. The summed E-state index contributed by atoms with van der Waals surface area (Å²) in [6.07, 6.45) is 1.86. The van der Waals surface area contributed by atoms with Gasteiger partial charge in [-0.2, -0.15) is 0 Å². The predicted octanol–water partition coefficient (Wildman–Crippen LogP) is 4.54. The van der Waals surface area contributed by atoms with Gasteiger partial charge in [0.15, 0.2) is 0 Å². The molecule has 20 heavy (non-hydrogen) atoms. The van der Waals surface area contributed by atoms with E-state index in [9.17, 15) is 0 Å². The number of halogens is 1. The number of hydrogen-bond donors (Lipinski definition) is 1. The van der Waals surface area contributed by atoms with E-state index < -0.39 is 0 Å². The molecule has 0 saturated carbocycles. The Labute approximate surface area is 123 Å². The van der Waals surface area contributed by atoms with E-state index in [2.05, 4.69) is 43.0 Å². The van der Waals surface area contributed by atoms with Crippen molar-refractivity contribution in [2.24, 2.45) is 0 Å². The number of nitrogens with one attached hydrogen (secondary N) is 1. The zero-order chi connectivity index (χ0) is 13.5. The number of hydrogen-bond acceptors (Lipinski definition) is 2. The number of para-hydroxylation sites is 2. The Morgan fingerprint density at radius 3 is 2.75 bits per heavy atom. The predicted molar refractivity (Wildman–Crippen MR) is 84.5 cm³/mol. The first-order valence-corrected chi connectivity index (χ1v) is 7.09. The van der Waals surface area contributed by atoms with Crippen LogP contribution in [0.1, 0.15) is 0 Å². The Hall–Kier alpha value is -2.20. The summed E-state index contributed by atoms with van der Waals surface area (Å²) in [7, 11) is 0. The van der Waals surface area contributed by atoms with Crippen LogP contribution in [-0.2, 0) is 0 Å². The monoisotopic (exact) mass is 323 g/mol. The van der Waals surface area contributed by atoms with Crippen LogP contribution in [0.5, 0.6) is 0 Å². The molecule has 4 rings (SSSR count). The molecular weight excluding hydrogens is 314 g/mol. The fourth-order valence-corrected chi connectivity index (χ4v) is 2.70. The molecule has 3 nitrogen and oxygen atoms in total. The summed E-state index contributed by atoms with van der Waals surface area (Å²) in [6, 6.07) is 16.2. The number of imidazole rings is 1. The Morgan fingerprint density at radius 1 is 0.950 bits per heavy atom. The number of H-pyrrole nitrogens is 1. The van der Waals surface area contributed by atoms with Crippen molar-refractivity contribution < 1.29 is 0 Å². The standard InChI is InChI=1S/C16H10BrN3/c17-12-5-6-13-10(8-12)7-11(9-18-13)16-19-14-3-1-2-4-15(14)20-16/h1-9H,(H,19,20). The maximum atomic E-state index is 4.60. The maximum Gasteiger partial charge on any atom is 0.140 e. The van der Waals surface area contributed by atoms with E-state index in [1.807, 2.05) is 42.6 Å². The fraction of sp³-hybridized carbons (Fsp3) is 0. The lowest BCUT2D eigenvalue weighted by atomic mass is 10.1. The minimum atomic E-state index is 0.848. The summed E-state index contributed by atoms with van der Waals surface area (Å²) >= 11 is 3.49. The average molecular weight is 324 g/mol. The number of aromatic nitrogens is 3. The molecule has 0 radical (unpaired) electrons. The third-order valence-corrected chi connectivity index (χ3v) is 3.80. The van der Waals surface area contributed by atoms with Crippen molar-refractivity contribution in [2.75, 3.05) is 0 Å². The Morgan fingerprint density at radius 2 is 1.85 bits per heavy atom. The Kier molecular flexibility index (Phi) is 2.57. The highest BCUT2D eigenvalue weighted by Gasteiger charge is 2.06. The number of nitrogens with zero attached hydrogens (tertiary/aromatic N) is 2. The van der Waals surface area contributed by atoms with Crippen molar-refractivity contribution in [2.45, 2.75) is 0 Å². The summed E-state index contributed by atoms with van der Waals surface area (Å²) in [4.78, 5) is 12.4. The van der Waals surface area contributed by atoms with Crippen LogP contribution in [0, 0.1) is 0 Å². The summed E-state index contributed by atoms with van der Waals surface area (Å²) < 4.78 is 1.05. The lowest BCUT2D eigenvalue weighted by Gasteiger charge is -2.01. The van der Waals surface area contributed by atoms with Crippen LogP contribution in [0.25, 0.3) is 33.3 Å². The number of fused-ring (bicyclic) bond motifs is 2. The van der Waals surface area contributed by atoms with Gasteiger partial charge in [-0.05, 0) is 36.4 Å². The van der Waals surface area contributed by atoms with Gasteiger partial charge in [-0.3, -0.25) is 4.98 Å². The Bertz CT molecular complexity index is 894. The van der Waals surface area contributed by atoms with Crippen molar-refractivity contribution >= 4 is 37.9 Å². The van der Waals surface area contributed by atoms with Crippen molar-refractivity contribution in [1.29, 1.82) is 0 Å². The molecule has 2 aromatic heterocycles. The molecule has 0 spiro atoms. The van der Waals surface area contributed by atoms with Gasteiger partial charge in [-0.15, -0.1) is 0 Å². The molecule has 0 aliphatic rings. The summed E-state index contributed by atoms with van der Waals surface area (Å²) in [6.45, 7) is 0. The Balaban J connectivity index is 1.92. The van der Waals surface area contributed by atoms with Crippen LogP contribution in [0.15, 0.2) is 59.2 Å². The lowest BCUT2D eigenvalue weighted by Crippen LogP contribution is -1.84. The molecule has 4 aromatic rings. The molecular formula is C16H10BrN3. The highest BCUT2D eigenvalue weighted by Crippen LogP contribution is 2.24. The molecule has 0 saturated heterocycles. The van der Waals surface area contributed by atoms with Gasteiger partial charge in [0.2, 0.25) is 0 Å². The minimum Gasteiger partial charge on any atom is -0.338 e. The first-order valence-electron chi connectivity index (χ1n) is 6.30. The molecule has 0 unspecified atom stereocenters. The second-order valence-corrected chi connectivity index (χ2v) is 5.58. The topological polar surface area (TPSA) is 41.6 Å². The SMILES string of the molecule is Brc1ccc2ncc(-c3nc4ccccc4[nH]3)cc2c1. The zero-order valence-electron chi connectivity index (χ0n) is 10.5. The van der Waals surface area contributed by atoms with Crippen LogP contribution in [0.4, 0.5) is 0 Å². The molecule has 2 aromatic carbocycles. The average Bonchev–Trinajstić information content (AvgIpc) is 2.90. The second kappa shape index (κ2) is 4.42. The molecule has 1 N–H and O–H groups in total. The highest BCUT2D eigenvalue weighted by molar-refractivity contribution is 9.10. The molecule has 0 aliphatic carbocycles. The first kappa shape index (κ1) is 11.6. The number of pyridine rings is 1. The highest BCUT2D eigenvalue weighted by atomic mass is 79.9. The third kappa shape index (κ3) is 1.89. The smallest absolute Gasteiger partial charge is 0.140 e. The second-order valence-electron chi connectivity index (χ2n) is 4.66. The molecule has 0 fully saturated rings. The van der Waals surface area contributed by atoms with Gasteiger partial charge in [0.25, 0.3) is 0 Å². The molecule has 0 amide bonds. The van der Waals surface area contributed by atoms with Gasteiger partial charge in [0.1, 0.15) is 5.82 Å². The molecule has 96 valence electrons. The quantitative estimate of drug-likeness (QED) is 0.558. The molecule has 4 heteroatoms.